The van der Waals surface area contributed by atoms with Crippen LogP contribution in [0.15, 0.2) is 18.2 Å². The highest BCUT2D eigenvalue weighted by atomic mass is 35.5. The molecule has 0 atom stereocenters. The summed E-state index contributed by atoms with van der Waals surface area (Å²) >= 11 is 5.92. The van der Waals surface area contributed by atoms with Gasteiger partial charge in [0.05, 0.1) is 29.4 Å². The Morgan fingerprint density at radius 3 is 2.75 bits per heavy atom. The average molecular weight is 301 g/mol. The molecule has 20 heavy (non-hydrogen) atoms. The van der Waals surface area contributed by atoms with Gasteiger partial charge in [0.2, 0.25) is 5.91 Å². The molecule has 110 valence electrons. The number of carboxylic acid groups (broad SMARTS) is 1. The molecule has 6 nitrogen and oxygen atoms in total. The zero-order valence-electron chi connectivity index (χ0n) is 11.4. The maximum Gasteiger partial charge on any atom is 0.335 e. The minimum absolute atomic E-state index is 0.0671. The van der Waals surface area contributed by atoms with Gasteiger partial charge in [-0.3, -0.25) is 9.69 Å². The summed E-state index contributed by atoms with van der Waals surface area (Å²) in [4.78, 5) is 24.5. The zero-order valence-corrected chi connectivity index (χ0v) is 12.1. The standard InChI is InChI=1S/C13H17ClN2O4/c1-16(5-6-20-2)8-12(17)15-11-7-9(13(18)19)3-4-10(11)14/h3-4,7H,5-6,8H2,1-2H3,(H,15,17)(H,18,19). The number of carbonyl (C=O) groups excluding carboxylic acids is 1. The number of likely N-dealkylation sites (N-methyl/N-ethyl adjacent to an activating group) is 1. The van der Waals surface area contributed by atoms with Crippen molar-refractivity contribution in [3.8, 4) is 0 Å². The van der Waals surface area contributed by atoms with Gasteiger partial charge in [-0.05, 0) is 25.2 Å². The molecule has 1 amide bonds. The lowest BCUT2D eigenvalue weighted by Crippen LogP contribution is -2.32. The number of ether oxygens (including phenoxy) is 1. The fraction of sp³-hybridized carbons (Fsp3) is 0.385. The van der Waals surface area contributed by atoms with Crippen molar-refractivity contribution in [1.82, 2.24) is 4.90 Å². The number of carbonyl (C=O) groups is 2. The van der Waals surface area contributed by atoms with E-state index >= 15 is 0 Å². The van der Waals surface area contributed by atoms with Gasteiger partial charge < -0.3 is 15.2 Å². The van der Waals surface area contributed by atoms with E-state index in [2.05, 4.69) is 5.32 Å². The largest absolute Gasteiger partial charge is 0.478 e. The number of rotatable bonds is 7. The molecule has 0 saturated carbocycles. The van der Waals surface area contributed by atoms with Gasteiger partial charge in [-0.25, -0.2) is 4.79 Å². The van der Waals surface area contributed by atoms with E-state index in [1.807, 2.05) is 0 Å². The van der Waals surface area contributed by atoms with E-state index in [4.69, 9.17) is 21.4 Å². The van der Waals surface area contributed by atoms with Gasteiger partial charge in [0.25, 0.3) is 0 Å². The summed E-state index contributed by atoms with van der Waals surface area (Å²) in [6.07, 6.45) is 0. The molecule has 2 N–H and O–H groups in total. The predicted molar refractivity (Wildman–Crippen MR) is 76.4 cm³/mol. The van der Waals surface area contributed by atoms with E-state index in [0.29, 0.717) is 18.2 Å². The third-order valence-electron chi connectivity index (χ3n) is 2.58. The van der Waals surface area contributed by atoms with Crippen LogP contribution in [-0.4, -0.2) is 55.7 Å². The highest BCUT2D eigenvalue weighted by Crippen LogP contribution is 2.23. The van der Waals surface area contributed by atoms with Gasteiger partial charge in [-0.1, -0.05) is 11.6 Å². The predicted octanol–water partition coefficient (Wildman–Crippen LogP) is 1.55. The first-order valence-corrected chi connectivity index (χ1v) is 6.32. The summed E-state index contributed by atoms with van der Waals surface area (Å²) < 4.78 is 4.91. The van der Waals surface area contributed by atoms with Crippen molar-refractivity contribution in [1.29, 1.82) is 0 Å². The van der Waals surface area contributed by atoms with Gasteiger partial charge in [0, 0.05) is 13.7 Å². The van der Waals surface area contributed by atoms with Gasteiger partial charge in [-0.15, -0.1) is 0 Å². The van der Waals surface area contributed by atoms with Crippen molar-refractivity contribution in [3.63, 3.8) is 0 Å². The van der Waals surface area contributed by atoms with Crippen LogP contribution >= 0.6 is 11.6 Å². The monoisotopic (exact) mass is 300 g/mol. The molecule has 7 heteroatoms. The molecule has 0 aliphatic rings. The molecular weight excluding hydrogens is 284 g/mol. The van der Waals surface area contributed by atoms with Gasteiger partial charge in [-0.2, -0.15) is 0 Å². The third-order valence-corrected chi connectivity index (χ3v) is 2.91. The molecule has 0 unspecified atom stereocenters. The first kappa shape index (κ1) is 16.4. The second-order valence-electron chi connectivity index (χ2n) is 4.28. The van der Waals surface area contributed by atoms with E-state index in [9.17, 15) is 9.59 Å². The number of amides is 1. The molecule has 0 spiro atoms. The number of nitrogens with one attached hydrogen (secondary N) is 1. The SMILES string of the molecule is COCCN(C)CC(=O)Nc1cc(C(=O)O)ccc1Cl. The molecule has 0 aliphatic heterocycles. The molecule has 1 aromatic rings. The molecule has 0 aliphatic carbocycles. The fourth-order valence-corrected chi connectivity index (χ4v) is 1.68. The van der Waals surface area contributed by atoms with E-state index in [-0.39, 0.29) is 23.7 Å². The Hall–Kier alpha value is -1.63. The molecular formula is C13H17ClN2O4. The summed E-state index contributed by atoms with van der Waals surface area (Å²) in [6, 6.07) is 4.15. The summed E-state index contributed by atoms with van der Waals surface area (Å²) in [5.41, 5.74) is 0.356. The lowest BCUT2D eigenvalue weighted by atomic mass is 10.2. The quantitative estimate of drug-likeness (QED) is 0.799. The minimum atomic E-state index is -1.07. The van der Waals surface area contributed by atoms with Crippen LogP contribution in [-0.2, 0) is 9.53 Å². The average Bonchev–Trinajstić information content (AvgIpc) is 2.38. The second-order valence-corrected chi connectivity index (χ2v) is 4.69. The van der Waals surface area contributed by atoms with E-state index in [0.717, 1.165) is 0 Å². The van der Waals surface area contributed by atoms with Gasteiger partial charge >= 0.3 is 5.97 Å². The highest BCUT2D eigenvalue weighted by Gasteiger charge is 2.11. The Kier molecular flexibility index (Phi) is 6.44. The maximum atomic E-state index is 11.8. The smallest absolute Gasteiger partial charge is 0.335 e. The normalized spacial score (nSPS) is 10.6. The Balaban J connectivity index is 2.65. The lowest BCUT2D eigenvalue weighted by Gasteiger charge is -2.16. The van der Waals surface area contributed by atoms with E-state index in [1.54, 1.807) is 19.1 Å². The Labute approximate surface area is 122 Å². The van der Waals surface area contributed by atoms with Crippen molar-refractivity contribution in [2.75, 3.05) is 39.2 Å². The Morgan fingerprint density at radius 1 is 1.45 bits per heavy atom. The van der Waals surface area contributed by atoms with Crippen molar-refractivity contribution >= 4 is 29.2 Å². The van der Waals surface area contributed by atoms with E-state index in [1.165, 1.54) is 18.2 Å². The van der Waals surface area contributed by atoms with Crippen LogP contribution in [0, 0.1) is 0 Å². The Morgan fingerprint density at radius 2 is 2.15 bits per heavy atom. The molecule has 0 bridgehead atoms. The van der Waals surface area contributed by atoms with Crippen LogP contribution < -0.4 is 5.32 Å². The molecule has 0 fully saturated rings. The maximum absolute atomic E-state index is 11.8. The number of anilines is 1. The lowest BCUT2D eigenvalue weighted by molar-refractivity contribution is -0.117. The first-order chi connectivity index (χ1) is 9.43. The van der Waals surface area contributed by atoms with Crippen molar-refractivity contribution in [2.24, 2.45) is 0 Å². The van der Waals surface area contributed by atoms with Gasteiger partial charge in [0.1, 0.15) is 0 Å². The number of aromatic carboxylic acids is 1. The number of hydrogen-bond donors (Lipinski definition) is 2. The van der Waals surface area contributed by atoms with Crippen LogP contribution in [0.1, 0.15) is 10.4 Å². The number of carboxylic acids is 1. The van der Waals surface area contributed by atoms with Crippen LogP contribution in [0.5, 0.6) is 0 Å². The second kappa shape index (κ2) is 7.84. The summed E-state index contributed by atoms with van der Waals surface area (Å²) in [6.45, 7) is 1.31. The number of benzene rings is 1. The van der Waals surface area contributed by atoms with Crippen LogP contribution in [0.4, 0.5) is 5.69 Å². The number of methoxy groups -OCH3 is 1. The molecule has 0 saturated heterocycles. The molecule has 0 aromatic heterocycles. The summed E-state index contributed by atoms with van der Waals surface area (Å²) in [5, 5.41) is 11.8. The van der Waals surface area contributed by atoms with Gasteiger partial charge in [0.15, 0.2) is 0 Å². The third kappa shape index (κ3) is 5.16. The minimum Gasteiger partial charge on any atom is -0.478 e. The summed E-state index contributed by atoms with van der Waals surface area (Å²) in [5.74, 6) is -1.34. The first-order valence-electron chi connectivity index (χ1n) is 5.94. The van der Waals surface area contributed by atoms with Crippen molar-refractivity contribution in [2.45, 2.75) is 0 Å². The van der Waals surface area contributed by atoms with Crippen molar-refractivity contribution < 1.29 is 19.4 Å². The Bertz CT molecular complexity index is 493. The zero-order chi connectivity index (χ0) is 15.1. The van der Waals surface area contributed by atoms with Crippen LogP contribution in [0.2, 0.25) is 5.02 Å². The molecule has 1 aromatic carbocycles. The molecule has 1 rings (SSSR count). The van der Waals surface area contributed by atoms with E-state index < -0.39 is 5.97 Å². The number of nitrogens with zero attached hydrogens (tertiary/aromatic N) is 1. The fourth-order valence-electron chi connectivity index (χ4n) is 1.52. The number of halogens is 1. The number of hydrogen-bond acceptors (Lipinski definition) is 4. The molecule has 0 radical (unpaired) electrons. The van der Waals surface area contributed by atoms with Crippen LogP contribution in [0.3, 0.4) is 0 Å². The topological polar surface area (TPSA) is 78.9 Å². The summed E-state index contributed by atoms with van der Waals surface area (Å²) in [7, 11) is 3.37. The van der Waals surface area contributed by atoms with Crippen LogP contribution in [0.25, 0.3) is 0 Å². The van der Waals surface area contributed by atoms with Crippen molar-refractivity contribution in [3.05, 3.63) is 28.8 Å². The molecule has 0 heterocycles. The highest BCUT2D eigenvalue weighted by molar-refractivity contribution is 6.33.